The number of hydrogen-bond donors (Lipinski definition) is 2. The van der Waals surface area contributed by atoms with Gasteiger partial charge in [-0.05, 0) is 18.1 Å². The maximum Gasteiger partial charge on any atom is 0.407 e. The number of nitrogens with one attached hydrogen (secondary N) is 1. The average molecular weight is 266 g/mol. The second-order valence-corrected chi connectivity index (χ2v) is 4.09. The van der Waals surface area contributed by atoms with Crippen LogP contribution < -0.4 is 5.32 Å². The second kappa shape index (κ2) is 8.07. The second-order valence-electron chi connectivity index (χ2n) is 4.09. The largest absolute Gasteiger partial charge is 0.480 e. The summed E-state index contributed by atoms with van der Waals surface area (Å²) in [5.41, 5.74) is 0.740. The fraction of sp³-hybridized carbons (Fsp3) is 0.462. The van der Waals surface area contributed by atoms with E-state index >= 15 is 0 Å². The quantitative estimate of drug-likeness (QED) is 0.732. The minimum atomic E-state index is -1.10. The van der Waals surface area contributed by atoms with Crippen LogP contribution in [0.25, 0.3) is 0 Å². The molecule has 0 spiro atoms. The SMILES string of the molecule is CCCCOC(=O)N[C@@H](Cc1cccnc1)C(=O)O. The number of amides is 1. The van der Waals surface area contributed by atoms with Gasteiger partial charge in [-0.2, -0.15) is 0 Å². The number of alkyl carbamates (subject to hydrolysis) is 1. The molecule has 1 heterocycles. The first-order valence-electron chi connectivity index (χ1n) is 6.18. The van der Waals surface area contributed by atoms with Crippen LogP contribution in [-0.4, -0.2) is 34.8 Å². The van der Waals surface area contributed by atoms with Gasteiger partial charge in [0.1, 0.15) is 6.04 Å². The molecule has 0 aliphatic carbocycles. The van der Waals surface area contributed by atoms with E-state index in [1.165, 1.54) is 0 Å². The van der Waals surface area contributed by atoms with Gasteiger partial charge in [0.15, 0.2) is 0 Å². The van der Waals surface area contributed by atoms with Crippen molar-refractivity contribution < 1.29 is 19.4 Å². The Bertz CT molecular complexity index is 408. The number of aromatic nitrogens is 1. The summed E-state index contributed by atoms with van der Waals surface area (Å²) in [7, 11) is 0. The first-order chi connectivity index (χ1) is 9.13. The molecule has 6 nitrogen and oxygen atoms in total. The van der Waals surface area contributed by atoms with Gasteiger partial charge in [-0.25, -0.2) is 9.59 Å². The van der Waals surface area contributed by atoms with Crippen molar-refractivity contribution in [2.75, 3.05) is 6.61 Å². The molecule has 0 unspecified atom stereocenters. The molecule has 0 bridgehead atoms. The summed E-state index contributed by atoms with van der Waals surface area (Å²) >= 11 is 0. The molecule has 0 radical (unpaired) electrons. The lowest BCUT2D eigenvalue weighted by atomic mass is 10.1. The highest BCUT2D eigenvalue weighted by Gasteiger charge is 2.21. The molecule has 6 heteroatoms. The number of nitrogens with zero attached hydrogens (tertiary/aromatic N) is 1. The maximum atomic E-state index is 11.4. The topological polar surface area (TPSA) is 88.5 Å². The molecule has 0 aliphatic rings. The van der Waals surface area contributed by atoms with Gasteiger partial charge in [-0.1, -0.05) is 19.4 Å². The van der Waals surface area contributed by atoms with Crippen LogP contribution in [0, 0.1) is 0 Å². The van der Waals surface area contributed by atoms with E-state index in [2.05, 4.69) is 10.3 Å². The molecule has 1 aromatic heterocycles. The average Bonchev–Trinajstić information content (AvgIpc) is 2.39. The third kappa shape index (κ3) is 5.85. The fourth-order valence-electron chi connectivity index (χ4n) is 1.45. The van der Waals surface area contributed by atoms with E-state index in [4.69, 9.17) is 9.84 Å². The predicted molar refractivity (Wildman–Crippen MR) is 68.8 cm³/mol. The zero-order valence-electron chi connectivity index (χ0n) is 10.8. The summed E-state index contributed by atoms with van der Waals surface area (Å²) in [6.07, 6.45) is 4.31. The summed E-state index contributed by atoms with van der Waals surface area (Å²) in [6, 6.07) is 2.46. The number of ether oxygens (including phenoxy) is 1. The monoisotopic (exact) mass is 266 g/mol. The summed E-state index contributed by atoms with van der Waals surface area (Å²) in [5.74, 6) is -1.10. The molecule has 19 heavy (non-hydrogen) atoms. The lowest BCUT2D eigenvalue weighted by molar-refractivity contribution is -0.139. The first-order valence-corrected chi connectivity index (χ1v) is 6.18. The molecular formula is C13H18N2O4. The third-order valence-corrected chi connectivity index (χ3v) is 2.48. The van der Waals surface area contributed by atoms with Crippen molar-refractivity contribution in [3.63, 3.8) is 0 Å². The molecule has 1 rings (SSSR count). The van der Waals surface area contributed by atoms with Crippen LogP contribution in [0.15, 0.2) is 24.5 Å². The van der Waals surface area contributed by atoms with Crippen molar-refractivity contribution in [1.82, 2.24) is 10.3 Å². The summed E-state index contributed by atoms with van der Waals surface area (Å²) < 4.78 is 4.87. The van der Waals surface area contributed by atoms with E-state index < -0.39 is 18.1 Å². The molecule has 104 valence electrons. The summed E-state index contributed by atoms with van der Waals surface area (Å²) in [5, 5.41) is 11.4. The van der Waals surface area contributed by atoms with Crippen LogP contribution in [0.2, 0.25) is 0 Å². The Kier molecular flexibility index (Phi) is 6.35. The highest BCUT2D eigenvalue weighted by Crippen LogP contribution is 2.02. The number of carbonyl (C=O) groups excluding carboxylic acids is 1. The lowest BCUT2D eigenvalue weighted by Crippen LogP contribution is -2.42. The van der Waals surface area contributed by atoms with Crippen molar-refractivity contribution in [3.8, 4) is 0 Å². The minimum Gasteiger partial charge on any atom is -0.480 e. The number of hydrogen-bond acceptors (Lipinski definition) is 4. The highest BCUT2D eigenvalue weighted by molar-refractivity contribution is 5.80. The molecule has 1 aromatic rings. The minimum absolute atomic E-state index is 0.173. The lowest BCUT2D eigenvalue weighted by Gasteiger charge is -2.14. The van der Waals surface area contributed by atoms with Crippen molar-refractivity contribution in [3.05, 3.63) is 30.1 Å². The Labute approximate surface area is 111 Å². The predicted octanol–water partition coefficient (Wildman–Crippen LogP) is 1.60. The van der Waals surface area contributed by atoms with Gasteiger partial charge in [-0.15, -0.1) is 0 Å². The van der Waals surface area contributed by atoms with Crippen LogP contribution in [0.4, 0.5) is 4.79 Å². The molecule has 2 N–H and O–H groups in total. The van der Waals surface area contributed by atoms with Crippen molar-refractivity contribution in [1.29, 1.82) is 0 Å². The third-order valence-electron chi connectivity index (χ3n) is 2.48. The van der Waals surface area contributed by atoms with E-state index in [-0.39, 0.29) is 6.42 Å². The number of carboxylic acids is 1. The van der Waals surface area contributed by atoms with Gasteiger partial charge in [0, 0.05) is 18.8 Å². The molecule has 0 fully saturated rings. The number of aliphatic carboxylic acids is 1. The van der Waals surface area contributed by atoms with E-state index in [1.54, 1.807) is 24.5 Å². The smallest absolute Gasteiger partial charge is 0.407 e. The van der Waals surface area contributed by atoms with Gasteiger partial charge in [0.25, 0.3) is 0 Å². The van der Waals surface area contributed by atoms with E-state index in [0.29, 0.717) is 6.61 Å². The molecule has 0 aromatic carbocycles. The van der Waals surface area contributed by atoms with Crippen molar-refractivity contribution >= 4 is 12.1 Å². The molecular weight excluding hydrogens is 248 g/mol. The van der Waals surface area contributed by atoms with E-state index in [0.717, 1.165) is 18.4 Å². The van der Waals surface area contributed by atoms with Gasteiger partial charge in [-0.3, -0.25) is 4.98 Å². The van der Waals surface area contributed by atoms with E-state index in [1.807, 2.05) is 6.92 Å². The van der Waals surface area contributed by atoms with Crippen molar-refractivity contribution in [2.24, 2.45) is 0 Å². The zero-order chi connectivity index (χ0) is 14.1. The standard InChI is InChI=1S/C13H18N2O4/c1-2-3-7-19-13(18)15-11(12(16)17)8-10-5-4-6-14-9-10/h4-6,9,11H,2-3,7-8H2,1H3,(H,15,18)(H,16,17)/t11-/m0/s1. The number of unbranched alkanes of at least 4 members (excludes halogenated alkanes) is 1. The highest BCUT2D eigenvalue weighted by atomic mass is 16.5. The maximum absolute atomic E-state index is 11.4. The van der Waals surface area contributed by atoms with Gasteiger partial charge < -0.3 is 15.2 Å². The number of carboxylic acid groups (broad SMARTS) is 1. The van der Waals surface area contributed by atoms with Crippen molar-refractivity contribution in [2.45, 2.75) is 32.2 Å². The fourth-order valence-corrected chi connectivity index (χ4v) is 1.45. The van der Waals surface area contributed by atoms with Crippen LogP contribution in [0.3, 0.4) is 0 Å². The Morgan fingerprint density at radius 1 is 1.53 bits per heavy atom. The zero-order valence-corrected chi connectivity index (χ0v) is 10.8. The van der Waals surface area contributed by atoms with Gasteiger partial charge in [0.2, 0.25) is 0 Å². The van der Waals surface area contributed by atoms with Crippen LogP contribution in [-0.2, 0) is 16.0 Å². The molecule has 1 amide bonds. The summed E-state index contributed by atoms with van der Waals surface area (Å²) in [6.45, 7) is 2.27. The Morgan fingerprint density at radius 3 is 2.89 bits per heavy atom. The molecule has 1 atom stereocenters. The number of carbonyl (C=O) groups is 2. The van der Waals surface area contributed by atoms with Crippen LogP contribution in [0.5, 0.6) is 0 Å². The Morgan fingerprint density at radius 2 is 2.32 bits per heavy atom. The Balaban J connectivity index is 2.49. The normalized spacial score (nSPS) is 11.6. The van der Waals surface area contributed by atoms with Gasteiger partial charge in [0.05, 0.1) is 6.61 Å². The molecule has 0 saturated heterocycles. The van der Waals surface area contributed by atoms with Crippen LogP contribution in [0.1, 0.15) is 25.3 Å². The number of pyridine rings is 1. The molecule has 0 saturated carbocycles. The first kappa shape index (κ1) is 14.9. The molecule has 0 aliphatic heterocycles. The summed E-state index contributed by atoms with van der Waals surface area (Å²) in [4.78, 5) is 26.4. The number of rotatable bonds is 7. The Hall–Kier alpha value is -2.11. The van der Waals surface area contributed by atoms with E-state index in [9.17, 15) is 9.59 Å². The van der Waals surface area contributed by atoms with Gasteiger partial charge >= 0.3 is 12.1 Å². The van der Waals surface area contributed by atoms with Crippen LogP contribution >= 0.6 is 0 Å².